The highest BCUT2D eigenvalue weighted by molar-refractivity contribution is 6.27. The lowest BCUT2D eigenvalue weighted by atomic mass is 9.65. The highest BCUT2D eigenvalue weighted by Crippen LogP contribution is 2.52. The molecule has 1 aromatic rings. The van der Waals surface area contributed by atoms with E-state index in [4.69, 9.17) is 19.8 Å². The lowest BCUT2D eigenvalue weighted by Gasteiger charge is -2.40. The molecule has 3 unspecified atom stereocenters. The molecule has 0 spiro atoms. The van der Waals surface area contributed by atoms with E-state index < -0.39 is 11.9 Å². The molecule has 1 aromatic carbocycles. The fraction of sp³-hybridized carbons (Fsp3) is 0.600. The summed E-state index contributed by atoms with van der Waals surface area (Å²) >= 11 is 0. The maximum atomic E-state index is 10.5. The van der Waals surface area contributed by atoms with Gasteiger partial charge >= 0.3 is 11.9 Å². The highest BCUT2D eigenvalue weighted by Gasteiger charge is 2.49. The van der Waals surface area contributed by atoms with Crippen LogP contribution >= 0.6 is 0 Å². The minimum atomic E-state index is -1.82. The van der Waals surface area contributed by atoms with Gasteiger partial charge in [-0.3, -0.25) is 4.90 Å². The third-order valence-corrected chi connectivity index (χ3v) is 5.30. The van der Waals surface area contributed by atoms with Gasteiger partial charge in [-0.2, -0.15) is 0 Å². The second kappa shape index (κ2) is 7.76. The maximum absolute atomic E-state index is 10.5. The molecule has 2 aliphatic rings. The number of hydrogen-bond acceptors (Lipinski definition) is 4. The number of carboxylic acids is 2. The van der Waals surface area contributed by atoms with Gasteiger partial charge in [0, 0.05) is 19.1 Å². The first-order chi connectivity index (χ1) is 12.0. The van der Waals surface area contributed by atoms with Crippen LogP contribution in [-0.4, -0.2) is 51.3 Å². The molecular weight excluding hydrogens is 334 g/mol. The molecule has 3 N–H and O–H groups in total. The van der Waals surface area contributed by atoms with Crippen LogP contribution in [0, 0.1) is 10.8 Å². The van der Waals surface area contributed by atoms with Crippen molar-refractivity contribution < 1.29 is 24.9 Å². The second-order valence-electron chi connectivity index (χ2n) is 8.68. The van der Waals surface area contributed by atoms with Crippen molar-refractivity contribution in [2.24, 2.45) is 10.8 Å². The Bertz CT molecular complexity index is 633. The van der Waals surface area contributed by atoms with E-state index in [9.17, 15) is 5.11 Å². The SMILES string of the molecule is CC1(C)CC2CC(C)(CN2CC(O)c2ccccc2)C1.O=C(O)C(=O)O. The van der Waals surface area contributed by atoms with E-state index in [-0.39, 0.29) is 6.10 Å². The lowest BCUT2D eigenvalue weighted by Crippen LogP contribution is -2.36. The van der Waals surface area contributed by atoms with Crippen LogP contribution in [0.5, 0.6) is 0 Å². The Morgan fingerprint density at radius 3 is 2.23 bits per heavy atom. The van der Waals surface area contributed by atoms with Gasteiger partial charge in [-0.15, -0.1) is 0 Å². The third-order valence-electron chi connectivity index (χ3n) is 5.30. The zero-order valence-corrected chi connectivity index (χ0v) is 15.7. The van der Waals surface area contributed by atoms with Gasteiger partial charge in [0.15, 0.2) is 0 Å². The third kappa shape index (κ3) is 5.29. The lowest BCUT2D eigenvalue weighted by molar-refractivity contribution is -0.159. The normalized spacial score (nSPS) is 27.9. The van der Waals surface area contributed by atoms with Crippen LogP contribution in [0.15, 0.2) is 30.3 Å². The van der Waals surface area contributed by atoms with Gasteiger partial charge in [0.1, 0.15) is 0 Å². The van der Waals surface area contributed by atoms with Crippen molar-refractivity contribution in [2.45, 2.75) is 52.2 Å². The average Bonchev–Trinajstić information content (AvgIpc) is 2.76. The van der Waals surface area contributed by atoms with Crippen molar-refractivity contribution in [3.63, 3.8) is 0 Å². The van der Waals surface area contributed by atoms with E-state index >= 15 is 0 Å². The summed E-state index contributed by atoms with van der Waals surface area (Å²) < 4.78 is 0. The number of benzene rings is 1. The van der Waals surface area contributed by atoms with Gasteiger partial charge in [-0.05, 0) is 35.7 Å². The predicted molar refractivity (Wildman–Crippen MR) is 97.8 cm³/mol. The van der Waals surface area contributed by atoms with E-state index in [0.717, 1.165) is 18.7 Å². The maximum Gasteiger partial charge on any atom is 0.414 e. The van der Waals surface area contributed by atoms with Gasteiger partial charge in [0.05, 0.1) is 6.10 Å². The molecule has 1 heterocycles. The summed E-state index contributed by atoms with van der Waals surface area (Å²) in [5.41, 5.74) is 1.94. The Morgan fingerprint density at radius 1 is 1.12 bits per heavy atom. The summed E-state index contributed by atoms with van der Waals surface area (Å²) in [6.45, 7) is 9.14. The Balaban J connectivity index is 0.000000352. The molecule has 26 heavy (non-hydrogen) atoms. The molecule has 3 atom stereocenters. The highest BCUT2D eigenvalue weighted by atomic mass is 16.4. The van der Waals surface area contributed by atoms with Crippen molar-refractivity contribution in [3.8, 4) is 0 Å². The number of aliphatic hydroxyl groups is 1. The Morgan fingerprint density at radius 2 is 1.69 bits per heavy atom. The van der Waals surface area contributed by atoms with E-state index in [1.807, 2.05) is 30.3 Å². The summed E-state index contributed by atoms with van der Waals surface area (Å²) in [7, 11) is 0. The number of carboxylic acid groups (broad SMARTS) is 2. The fourth-order valence-corrected chi connectivity index (χ4v) is 4.79. The van der Waals surface area contributed by atoms with Crippen molar-refractivity contribution in [2.75, 3.05) is 13.1 Å². The number of aliphatic carboxylic acids is 2. The monoisotopic (exact) mass is 363 g/mol. The summed E-state index contributed by atoms with van der Waals surface area (Å²) in [6.07, 6.45) is 3.53. The minimum absolute atomic E-state index is 0.359. The van der Waals surface area contributed by atoms with Crippen LogP contribution in [0.4, 0.5) is 0 Å². The van der Waals surface area contributed by atoms with Crippen molar-refractivity contribution >= 4 is 11.9 Å². The molecule has 2 bridgehead atoms. The number of hydrogen-bond donors (Lipinski definition) is 3. The number of fused-ring (bicyclic) bond motifs is 2. The topological polar surface area (TPSA) is 98.1 Å². The Kier molecular flexibility index (Phi) is 6.09. The molecule has 0 radical (unpaired) electrons. The van der Waals surface area contributed by atoms with Crippen LogP contribution in [0.1, 0.15) is 51.7 Å². The molecule has 0 aromatic heterocycles. The van der Waals surface area contributed by atoms with Crippen molar-refractivity contribution in [1.82, 2.24) is 4.90 Å². The smallest absolute Gasteiger partial charge is 0.414 e. The fourth-order valence-electron chi connectivity index (χ4n) is 4.79. The second-order valence-corrected chi connectivity index (χ2v) is 8.68. The van der Waals surface area contributed by atoms with Crippen LogP contribution < -0.4 is 0 Å². The molecule has 3 rings (SSSR count). The van der Waals surface area contributed by atoms with Crippen molar-refractivity contribution in [3.05, 3.63) is 35.9 Å². The zero-order chi connectivity index (χ0) is 19.5. The number of rotatable bonds is 3. The summed E-state index contributed by atoms with van der Waals surface area (Å²) in [4.78, 5) is 20.7. The predicted octanol–water partition coefficient (Wildman–Crippen LogP) is 2.78. The Labute approximate surface area is 154 Å². The molecule has 0 amide bonds. The molecule has 6 heteroatoms. The number of β-amino-alcohol motifs (C(OH)–C–C–N with tert-alkyl or cyclic N) is 1. The minimum Gasteiger partial charge on any atom is -0.473 e. The standard InChI is InChI=1S/C18H27NO.C2H2O4/c1-17(2)9-15-10-18(3,12-17)13-19(15)11-16(20)14-7-5-4-6-8-14;3-1(4)2(5)6/h4-8,15-16,20H,9-13H2,1-3H3;(H,3,4)(H,5,6). The largest absolute Gasteiger partial charge is 0.473 e. The molecule has 6 nitrogen and oxygen atoms in total. The van der Waals surface area contributed by atoms with Crippen LogP contribution in [-0.2, 0) is 9.59 Å². The van der Waals surface area contributed by atoms with Crippen molar-refractivity contribution in [1.29, 1.82) is 0 Å². The Hall–Kier alpha value is -1.92. The number of likely N-dealkylation sites (tertiary alicyclic amines) is 1. The van der Waals surface area contributed by atoms with E-state index in [1.165, 1.54) is 19.3 Å². The quantitative estimate of drug-likeness (QED) is 0.715. The number of aliphatic hydroxyl groups excluding tert-OH is 1. The summed E-state index contributed by atoms with van der Waals surface area (Å²) in [6, 6.07) is 10.7. The summed E-state index contributed by atoms with van der Waals surface area (Å²) in [5, 5.41) is 25.3. The zero-order valence-electron chi connectivity index (χ0n) is 15.7. The molecule has 1 saturated carbocycles. The first-order valence-corrected chi connectivity index (χ1v) is 8.95. The summed E-state index contributed by atoms with van der Waals surface area (Å²) in [5.74, 6) is -3.65. The number of carbonyl (C=O) groups is 2. The first kappa shape index (κ1) is 20.4. The molecule has 1 saturated heterocycles. The van der Waals surface area contributed by atoms with E-state index in [0.29, 0.717) is 16.9 Å². The first-order valence-electron chi connectivity index (χ1n) is 8.95. The van der Waals surface area contributed by atoms with Crippen LogP contribution in [0.3, 0.4) is 0 Å². The van der Waals surface area contributed by atoms with Crippen LogP contribution in [0.2, 0.25) is 0 Å². The van der Waals surface area contributed by atoms with Gasteiger partial charge in [0.25, 0.3) is 0 Å². The number of nitrogens with zero attached hydrogens (tertiary/aromatic N) is 1. The molecular formula is C20H29NO5. The molecule has 1 aliphatic heterocycles. The van der Waals surface area contributed by atoms with Gasteiger partial charge in [0.2, 0.25) is 0 Å². The van der Waals surface area contributed by atoms with Gasteiger partial charge in [-0.1, -0.05) is 51.1 Å². The van der Waals surface area contributed by atoms with E-state index in [1.54, 1.807) is 0 Å². The van der Waals surface area contributed by atoms with Gasteiger partial charge in [-0.25, -0.2) is 9.59 Å². The average molecular weight is 363 g/mol. The van der Waals surface area contributed by atoms with E-state index in [2.05, 4.69) is 25.7 Å². The molecule has 2 fully saturated rings. The molecule has 1 aliphatic carbocycles. The van der Waals surface area contributed by atoms with Gasteiger partial charge < -0.3 is 15.3 Å². The molecule has 144 valence electrons. The van der Waals surface area contributed by atoms with Crippen LogP contribution in [0.25, 0.3) is 0 Å².